The zero-order valence-electron chi connectivity index (χ0n) is 24.0. The van der Waals surface area contributed by atoms with Gasteiger partial charge in [-0.2, -0.15) is 0 Å². The number of hydrogen-bond acceptors (Lipinski definition) is 5. The molecule has 1 unspecified atom stereocenters. The van der Waals surface area contributed by atoms with Crippen LogP contribution < -0.4 is 5.56 Å². The molecule has 4 aromatic rings. The zero-order valence-corrected chi connectivity index (χ0v) is 25.6. The first-order chi connectivity index (χ1) is 20.9. The lowest BCUT2D eigenvalue weighted by Crippen LogP contribution is -2.46. The van der Waals surface area contributed by atoms with E-state index in [0.717, 1.165) is 62.9 Å². The quantitative estimate of drug-likeness (QED) is 0.111. The van der Waals surface area contributed by atoms with Crippen LogP contribution in [-0.4, -0.2) is 51.4 Å². The molecule has 3 aromatic carbocycles. The Hall–Kier alpha value is -3.20. The number of likely N-dealkylation sites (tertiary alicyclic amines) is 1. The number of hydrogen-bond donors (Lipinski definition) is 0. The van der Waals surface area contributed by atoms with Crippen molar-refractivity contribution in [1.82, 2.24) is 14.5 Å². The molecule has 1 spiro atoms. The molecule has 6 nitrogen and oxygen atoms in total. The lowest BCUT2D eigenvalue weighted by molar-refractivity contribution is -0.136. The minimum atomic E-state index is -0.218. The number of carbonyl (C=O) groups is 1. The van der Waals surface area contributed by atoms with Gasteiger partial charge in [0.2, 0.25) is 5.91 Å². The minimum Gasteiger partial charge on any atom is -0.374 e. The van der Waals surface area contributed by atoms with Crippen LogP contribution in [0, 0.1) is 5.82 Å². The molecular weight excluding hydrogens is 585 g/mol. The smallest absolute Gasteiger partial charge is 0.266 e. The Morgan fingerprint density at radius 2 is 1.81 bits per heavy atom. The van der Waals surface area contributed by atoms with Gasteiger partial charge in [0.15, 0.2) is 5.16 Å². The van der Waals surface area contributed by atoms with E-state index in [1.54, 1.807) is 34.5 Å². The van der Waals surface area contributed by atoms with Gasteiger partial charge in [-0.1, -0.05) is 60.1 Å². The maximum atomic E-state index is 13.4. The van der Waals surface area contributed by atoms with Crippen LogP contribution in [0.25, 0.3) is 16.6 Å². The number of para-hydroxylation sites is 1. The van der Waals surface area contributed by atoms with E-state index >= 15 is 0 Å². The van der Waals surface area contributed by atoms with Crippen molar-refractivity contribution in [2.45, 2.75) is 61.6 Å². The van der Waals surface area contributed by atoms with Crippen LogP contribution in [0.4, 0.5) is 4.39 Å². The number of amides is 1. The maximum absolute atomic E-state index is 13.4. The van der Waals surface area contributed by atoms with Crippen LogP contribution >= 0.6 is 23.4 Å². The van der Waals surface area contributed by atoms with Crippen molar-refractivity contribution in [1.29, 1.82) is 0 Å². The monoisotopic (exact) mass is 619 g/mol. The van der Waals surface area contributed by atoms with Crippen LogP contribution in [0.1, 0.15) is 56.4 Å². The van der Waals surface area contributed by atoms with Crippen molar-refractivity contribution < 1.29 is 13.9 Å². The van der Waals surface area contributed by atoms with Crippen molar-refractivity contribution in [3.05, 3.63) is 99.6 Å². The fourth-order valence-electron chi connectivity index (χ4n) is 6.23. The Bertz CT molecular complexity index is 1650. The molecule has 0 saturated carbocycles. The number of aromatic nitrogens is 2. The number of rotatable bonds is 9. The van der Waals surface area contributed by atoms with Crippen LogP contribution in [0.3, 0.4) is 0 Å². The molecule has 2 saturated heterocycles. The second-order valence-corrected chi connectivity index (χ2v) is 13.0. The molecule has 9 heteroatoms. The van der Waals surface area contributed by atoms with Gasteiger partial charge in [0.05, 0.1) is 28.8 Å². The molecule has 0 N–H and O–H groups in total. The molecule has 0 aliphatic carbocycles. The van der Waals surface area contributed by atoms with Crippen molar-refractivity contribution in [3.63, 3.8) is 0 Å². The number of thioether (sulfide) groups is 1. The van der Waals surface area contributed by atoms with Gasteiger partial charge in [0, 0.05) is 36.2 Å². The fourth-order valence-corrected chi connectivity index (χ4v) is 7.43. The first-order valence-corrected chi connectivity index (χ1v) is 16.3. The first-order valence-electron chi connectivity index (χ1n) is 15.0. The highest BCUT2D eigenvalue weighted by Gasteiger charge is 2.43. The van der Waals surface area contributed by atoms with Crippen LogP contribution in [0.2, 0.25) is 5.02 Å². The highest BCUT2D eigenvalue weighted by molar-refractivity contribution is 7.99. The second kappa shape index (κ2) is 13.2. The molecular formula is C34H35ClFN3O3S. The summed E-state index contributed by atoms with van der Waals surface area (Å²) < 4.78 is 21.2. The van der Waals surface area contributed by atoms with E-state index in [4.69, 9.17) is 21.3 Å². The summed E-state index contributed by atoms with van der Waals surface area (Å²) in [7, 11) is 0. The molecule has 1 aromatic heterocycles. The third-order valence-corrected chi connectivity index (χ3v) is 9.92. The lowest BCUT2D eigenvalue weighted by atomic mass is 9.83. The second-order valence-electron chi connectivity index (χ2n) is 11.5. The summed E-state index contributed by atoms with van der Waals surface area (Å²) in [6, 6.07) is 21.4. The lowest BCUT2D eigenvalue weighted by Gasteiger charge is -2.38. The van der Waals surface area contributed by atoms with Gasteiger partial charge in [-0.3, -0.25) is 14.2 Å². The molecule has 1 atom stereocenters. The number of fused-ring (bicyclic) bond motifs is 1. The number of benzene rings is 3. The molecule has 3 heterocycles. The van der Waals surface area contributed by atoms with Crippen LogP contribution in [0.15, 0.2) is 82.7 Å². The molecule has 224 valence electrons. The molecule has 2 aliphatic heterocycles. The highest BCUT2D eigenvalue weighted by atomic mass is 35.5. The molecule has 2 aliphatic rings. The third kappa shape index (κ3) is 6.82. The number of unbranched alkanes of at least 4 members (excludes halogenated alkanes) is 2. The summed E-state index contributed by atoms with van der Waals surface area (Å²) in [6.45, 7) is 2.10. The van der Waals surface area contributed by atoms with Crippen LogP contribution in [-0.2, 0) is 9.53 Å². The van der Waals surface area contributed by atoms with Gasteiger partial charge < -0.3 is 9.64 Å². The third-order valence-electron chi connectivity index (χ3n) is 8.66. The van der Waals surface area contributed by atoms with Crippen molar-refractivity contribution in [2.75, 3.05) is 25.4 Å². The molecule has 2 fully saturated rings. The molecule has 0 bridgehead atoms. The zero-order chi connectivity index (χ0) is 29.8. The summed E-state index contributed by atoms with van der Waals surface area (Å²) in [5.74, 6) is 1.06. The summed E-state index contributed by atoms with van der Waals surface area (Å²) >= 11 is 7.79. The van der Waals surface area contributed by atoms with Crippen molar-refractivity contribution in [2.24, 2.45) is 0 Å². The summed E-state index contributed by atoms with van der Waals surface area (Å²) in [6.07, 6.45) is 5.83. The Morgan fingerprint density at radius 1 is 1.02 bits per heavy atom. The molecule has 6 rings (SSSR count). The van der Waals surface area contributed by atoms with Crippen molar-refractivity contribution >= 4 is 40.2 Å². The average molecular weight is 620 g/mol. The average Bonchev–Trinajstić information content (AvgIpc) is 3.42. The Morgan fingerprint density at radius 3 is 2.60 bits per heavy atom. The Balaban J connectivity index is 0.971. The number of ether oxygens (including phenoxy) is 1. The predicted octanol–water partition coefficient (Wildman–Crippen LogP) is 7.40. The topological polar surface area (TPSA) is 64.4 Å². The molecule has 1 amide bonds. The van der Waals surface area contributed by atoms with Crippen molar-refractivity contribution in [3.8, 4) is 5.69 Å². The van der Waals surface area contributed by atoms with E-state index in [1.165, 1.54) is 12.1 Å². The van der Waals surface area contributed by atoms with Gasteiger partial charge in [-0.25, -0.2) is 9.37 Å². The van der Waals surface area contributed by atoms with E-state index < -0.39 is 0 Å². The number of piperidine rings is 1. The molecule has 0 radical (unpaired) electrons. The summed E-state index contributed by atoms with van der Waals surface area (Å²) in [5.41, 5.74) is 2.21. The van der Waals surface area contributed by atoms with E-state index in [0.29, 0.717) is 39.8 Å². The van der Waals surface area contributed by atoms with Gasteiger partial charge in [-0.15, -0.1) is 0 Å². The van der Waals surface area contributed by atoms with E-state index in [9.17, 15) is 14.0 Å². The fraction of sp³-hybridized carbons (Fsp3) is 0.382. The summed E-state index contributed by atoms with van der Waals surface area (Å²) in [5, 5.41) is 1.77. The van der Waals surface area contributed by atoms with E-state index in [-0.39, 0.29) is 28.8 Å². The Kier molecular flexibility index (Phi) is 9.17. The number of halogens is 2. The van der Waals surface area contributed by atoms with Gasteiger partial charge in [-0.05, 0) is 80.1 Å². The first kappa shape index (κ1) is 29.9. The summed E-state index contributed by atoms with van der Waals surface area (Å²) in [4.78, 5) is 33.1. The highest BCUT2D eigenvalue weighted by Crippen LogP contribution is 2.42. The van der Waals surface area contributed by atoms with Gasteiger partial charge >= 0.3 is 0 Å². The van der Waals surface area contributed by atoms with Gasteiger partial charge in [0.1, 0.15) is 5.82 Å². The normalized spacial score (nSPS) is 18.0. The Labute approximate surface area is 260 Å². The predicted molar refractivity (Wildman–Crippen MR) is 170 cm³/mol. The molecule has 43 heavy (non-hydrogen) atoms. The number of carbonyl (C=O) groups excluding carboxylic acids is 1. The van der Waals surface area contributed by atoms with Crippen LogP contribution in [0.5, 0.6) is 0 Å². The standard InChI is InChI=1S/C34H35ClFN3O3S/c35-26-7-6-8-28(21-26)39-32(41)29-9-3-4-10-30(29)37-33(39)43-20-5-1-2-11-31(40)38-18-16-34(17-19-38)22-25(23-42-34)24-12-14-27(36)15-13-24/h3-4,6-10,12-15,21,25H,1-2,5,11,16-20,22-23H2. The largest absolute Gasteiger partial charge is 0.374 e. The maximum Gasteiger partial charge on any atom is 0.266 e. The number of nitrogens with zero attached hydrogens (tertiary/aromatic N) is 3. The van der Waals surface area contributed by atoms with E-state index in [2.05, 4.69) is 0 Å². The minimum absolute atomic E-state index is 0.113. The van der Waals surface area contributed by atoms with E-state index in [1.807, 2.05) is 47.4 Å². The van der Waals surface area contributed by atoms with Gasteiger partial charge in [0.25, 0.3) is 5.56 Å². The SMILES string of the molecule is O=C(CCCCCSc1nc2ccccc2c(=O)n1-c1cccc(Cl)c1)N1CCC2(CC1)CC(c1ccc(F)cc1)CO2.